The molecule has 1 aromatic heterocycles. The molecule has 2 heterocycles. The van der Waals surface area contributed by atoms with Gasteiger partial charge in [0.15, 0.2) is 0 Å². The average molecular weight is 421 g/mol. The van der Waals surface area contributed by atoms with E-state index in [2.05, 4.69) is 52.4 Å². The summed E-state index contributed by atoms with van der Waals surface area (Å²) in [5.41, 5.74) is 2.43. The smallest absolute Gasteiger partial charge is 0.217 e. The minimum Gasteiger partial charge on any atom is -0.493 e. The quantitative estimate of drug-likeness (QED) is 0.526. The Morgan fingerprint density at radius 2 is 1.77 bits per heavy atom. The highest BCUT2D eigenvalue weighted by atomic mass is 16.5. The second-order valence-corrected chi connectivity index (χ2v) is 9.03. The fourth-order valence-electron chi connectivity index (χ4n) is 4.76. The minimum atomic E-state index is 0.647. The minimum absolute atomic E-state index is 0.647. The highest BCUT2D eigenvalue weighted by Gasteiger charge is 2.19. The number of ether oxygens (including phenoxy) is 2. The van der Waals surface area contributed by atoms with Crippen LogP contribution in [0, 0.1) is 11.8 Å². The number of likely N-dealkylation sites (tertiary alicyclic amines) is 1. The average Bonchev–Trinajstić information content (AvgIpc) is 2.84. The Balaban J connectivity index is 1.20. The van der Waals surface area contributed by atoms with Gasteiger partial charge in [0.2, 0.25) is 5.88 Å². The third-order valence-electron chi connectivity index (χ3n) is 6.72. The maximum atomic E-state index is 6.03. The first-order valence-electron chi connectivity index (χ1n) is 11.9. The van der Waals surface area contributed by atoms with E-state index in [1.807, 2.05) is 6.07 Å². The molecule has 1 aromatic carbocycles. The first kappa shape index (κ1) is 21.9. The summed E-state index contributed by atoms with van der Waals surface area (Å²) in [5, 5.41) is 0. The van der Waals surface area contributed by atoms with Crippen molar-refractivity contribution >= 4 is 6.08 Å². The lowest BCUT2D eigenvalue weighted by molar-refractivity contribution is 0.193. The van der Waals surface area contributed by atoms with Gasteiger partial charge in [-0.3, -0.25) is 4.90 Å². The van der Waals surface area contributed by atoms with Crippen molar-refractivity contribution in [2.45, 2.75) is 51.5 Å². The molecule has 1 saturated heterocycles. The number of allylic oxidation sites excluding steroid dienone is 1. The molecule has 0 spiro atoms. The maximum Gasteiger partial charge on any atom is 0.217 e. The van der Waals surface area contributed by atoms with Gasteiger partial charge in [0.25, 0.3) is 0 Å². The number of hydrogen-bond donors (Lipinski definition) is 0. The molecule has 4 nitrogen and oxygen atoms in total. The molecule has 0 N–H and O–H groups in total. The molecule has 0 unspecified atom stereocenters. The third kappa shape index (κ3) is 6.57. The van der Waals surface area contributed by atoms with Gasteiger partial charge >= 0.3 is 0 Å². The van der Waals surface area contributed by atoms with Crippen LogP contribution in [0.25, 0.3) is 6.08 Å². The van der Waals surface area contributed by atoms with Crippen molar-refractivity contribution < 1.29 is 9.47 Å². The number of hydrogen-bond acceptors (Lipinski definition) is 4. The molecule has 31 heavy (non-hydrogen) atoms. The molecule has 0 atom stereocenters. The van der Waals surface area contributed by atoms with E-state index in [1.165, 1.54) is 56.1 Å². The number of rotatable bonds is 8. The van der Waals surface area contributed by atoms with Crippen molar-refractivity contribution in [3.63, 3.8) is 0 Å². The third-order valence-corrected chi connectivity index (χ3v) is 6.72. The number of pyridine rings is 1. The largest absolute Gasteiger partial charge is 0.493 e. The molecule has 2 fully saturated rings. The fraction of sp³-hybridized carbons (Fsp3) is 0.519. The number of methoxy groups -OCH3 is 1. The molecule has 4 heteroatoms. The lowest BCUT2D eigenvalue weighted by atomic mass is 9.90. The molecule has 4 rings (SSSR count). The van der Waals surface area contributed by atoms with E-state index >= 15 is 0 Å². The van der Waals surface area contributed by atoms with Gasteiger partial charge in [0.1, 0.15) is 5.75 Å². The highest BCUT2D eigenvalue weighted by Crippen LogP contribution is 2.26. The molecule has 1 saturated carbocycles. The van der Waals surface area contributed by atoms with Gasteiger partial charge in [0, 0.05) is 18.3 Å². The highest BCUT2D eigenvalue weighted by molar-refractivity contribution is 5.50. The number of aromatic nitrogens is 1. The predicted molar refractivity (Wildman–Crippen MR) is 126 cm³/mol. The Morgan fingerprint density at radius 1 is 1.00 bits per heavy atom. The Labute approximate surface area is 187 Å². The number of piperidine rings is 1. The van der Waals surface area contributed by atoms with Crippen molar-refractivity contribution in [1.29, 1.82) is 0 Å². The summed E-state index contributed by atoms with van der Waals surface area (Å²) in [6.07, 6.45) is 15.6. The summed E-state index contributed by atoms with van der Waals surface area (Å²) in [4.78, 5) is 6.82. The van der Waals surface area contributed by atoms with E-state index in [9.17, 15) is 0 Å². The van der Waals surface area contributed by atoms with E-state index in [0.717, 1.165) is 43.8 Å². The number of benzene rings is 1. The molecule has 1 aliphatic heterocycles. The Bertz CT molecular complexity index is 819. The Kier molecular flexibility index (Phi) is 8.00. The molecule has 0 amide bonds. The molecule has 0 radical (unpaired) electrons. The molecular weight excluding hydrogens is 384 g/mol. The van der Waals surface area contributed by atoms with E-state index < -0.39 is 0 Å². The van der Waals surface area contributed by atoms with E-state index in [-0.39, 0.29) is 0 Å². The molecule has 1 aliphatic carbocycles. The van der Waals surface area contributed by atoms with Crippen molar-refractivity contribution in [2.75, 3.05) is 26.8 Å². The molecule has 2 aromatic rings. The summed E-state index contributed by atoms with van der Waals surface area (Å²) < 4.78 is 11.4. The van der Waals surface area contributed by atoms with Gasteiger partial charge in [-0.2, -0.15) is 0 Å². The molecular formula is C27H36N2O2. The van der Waals surface area contributed by atoms with Crippen molar-refractivity contribution in [1.82, 2.24) is 9.88 Å². The monoisotopic (exact) mass is 420 g/mol. The summed E-state index contributed by atoms with van der Waals surface area (Å²) in [6.45, 7) is 4.01. The van der Waals surface area contributed by atoms with E-state index in [1.54, 1.807) is 13.3 Å². The summed E-state index contributed by atoms with van der Waals surface area (Å²) in [7, 11) is 1.69. The zero-order valence-electron chi connectivity index (χ0n) is 18.8. The van der Waals surface area contributed by atoms with Crippen LogP contribution in [0.5, 0.6) is 11.6 Å². The number of nitrogens with zero attached hydrogens (tertiary/aromatic N) is 2. The lowest BCUT2D eigenvalue weighted by Gasteiger charge is -2.30. The zero-order chi connectivity index (χ0) is 21.3. The van der Waals surface area contributed by atoms with Gasteiger partial charge < -0.3 is 9.47 Å². The SMILES string of the molecule is COc1ncccc1CN1CCC(C=Cc2ccc(OCC3CCCCC3)cc2)CC1. The van der Waals surface area contributed by atoms with Gasteiger partial charge in [-0.25, -0.2) is 4.98 Å². The van der Waals surface area contributed by atoms with Crippen LogP contribution in [0.15, 0.2) is 48.7 Å². The maximum absolute atomic E-state index is 6.03. The van der Waals surface area contributed by atoms with Crippen LogP contribution in [0.3, 0.4) is 0 Å². The van der Waals surface area contributed by atoms with Crippen LogP contribution < -0.4 is 9.47 Å². The first-order chi connectivity index (χ1) is 15.3. The Hall–Kier alpha value is -2.33. The van der Waals surface area contributed by atoms with Crippen LogP contribution in [0.1, 0.15) is 56.1 Å². The van der Waals surface area contributed by atoms with Crippen molar-refractivity contribution in [2.24, 2.45) is 11.8 Å². The molecule has 2 aliphatic rings. The van der Waals surface area contributed by atoms with Crippen molar-refractivity contribution in [3.05, 3.63) is 59.8 Å². The second-order valence-electron chi connectivity index (χ2n) is 9.03. The molecule has 0 bridgehead atoms. The summed E-state index contributed by atoms with van der Waals surface area (Å²) in [6, 6.07) is 12.7. The standard InChI is InChI=1S/C27H36N2O2/c1-30-27-25(8-5-17-28-27)20-29-18-15-23(16-19-29)10-9-22-11-13-26(14-12-22)31-21-24-6-3-2-4-7-24/h5,8-14,17,23-24H,2-4,6-7,15-16,18-21H2,1H3. The lowest BCUT2D eigenvalue weighted by Crippen LogP contribution is -2.32. The molecule has 166 valence electrons. The van der Waals surface area contributed by atoms with E-state index in [4.69, 9.17) is 9.47 Å². The topological polar surface area (TPSA) is 34.6 Å². The second kappa shape index (κ2) is 11.3. The van der Waals surface area contributed by atoms with Gasteiger partial charge in [-0.1, -0.05) is 49.6 Å². The van der Waals surface area contributed by atoms with Gasteiger partial charge in [0.05, 0.1) is 13.7 Å². The first-order valence-corrected chi connectivity index (χ1v) is 11.9. The van der Waals surface area contributed by atoms with E-state index in [0.29, 0.717) is 5.92 Å². The van der Waals surface area contributed by atoms with Crippen LogP contribution in [-0.2, 0) is 6.54 Å². The van der Waals surface area contributed by atoms with Crippen LogP contribution in [0.4, 0.5) is 0 Å². The van der Waals surface area contributed by atoms with Gasteiger partial charge in [-0.15, -0.1) is 0 Å². The predicted octanol–water partition coefficient (Wildman–Crippen LogP) is 5.97. The fourth-order valence-corrected chi connectivity index (χ4v) is 4.76. The summed E-state index contributed by atoms with van der Waals surface area (Å²) in [5.74, 6) is 3.14. The Morgan fingerprint density at radius 3 is 2.52 bits per heavy atom. The van der Waals surface area contributed by atoms with Gasteiger partial charge in [-0.05, 0) is 74.4 Å². The summed E-state index contributed by atoms with van der Waals surface area (Å²) >= 11 is 0. The zero-order valence-corrected chi connectivity index (χ0v) is 18.8. The van der Waals surface area contributed by atoms with Crippen molar-refractivity contribution in [3.8, 4) is 11.6 Å². The normalized spacial score (nSPS) is 19.0. The van der Waals surface area contributed by atoms with Crippen LogP contribution in [0.2, 0.25) is 0 Å². The van der Waals surface area contributed by atoms with Crippen LogP contribution >= 0.6 is 0 Å². The van der Waals surface area contributed by atoms with Crippen LogP contribution in [-0.4, -0.2) is 36.7 Å².